The second kappa shape index (κ2) is 7.88. The van der Waals surface area contributed by atoms with Crippen molar-refractivity contribution >= 4 is 0 Å². The Kier molecular flexibility index (Phi) is 6.50. The summed E-state index contributed by atoms with van der Waals surface area (Å²) < 4.78 is 5.50. The molecule has 2 N–H and O–H groups in total. The molecule has 20 heavy (non-hydrogen) atoms. The lowest BCUT2D eigenvalue weighted by Gasteiger charge is -2.29. The maximum Gasteiger partial charge on any atom is 0.119 e. The van der Waals surface area contributed by atoms with Crippen molar-refractivity contribution in [3.05, 3.63) is 29.8 Å². The third-order valence-electron chi connectivity index (χ3n) is 3.75. The van der Waals surface area contributed by atoms with Crippen molar-refractivity contribution in [1.82, 2.24) is 5.32 Å². The Balaban J connectivity index is 2.36. The first-order valence-electron chi connectivity index (χ1n) is 7.09. The summed E-state index contributed by atoms with van der Waals surface area (Å²) in [5.41, 5.74) is 0.663. The molecule has 1 aromatic rings. The van der Waals surface area contributed by atoms with Gasteiger partial charge in [-0.15, -0.1) is 0 Å². The van der Waals surface area contributed by atoms with Gasteiger partial charge in [0.05, 0.1) is 11.6 Å². The number of benzene rings is 1. The van der Waals surface area contributed by atoms with Crippen LogP contribution in [0.4, 0.5) is 0 Å². The number of nitrogens with zero attached hydrogens (tertiary/aromatic N) is 1. The average Bonchev–Trinajstić information content (AvgIpc) is 2.51. The van der Waals surface area contributed by atoms with Crippen molar-refractivity contribution in [2.75, 3.05) is 13.2 Å². The zero-order chi connectivity index (χ0) is 15.0. The normalized spacial score (nSPS) is 12.8. The molecule has 0 bridgehead atoms. The fraction of sp³-hybridized carbons (Fsp3) is 0.562. The number of aliphatic hydroxyl groups excluding tert-OH is 1. The van der Waals surface area contributed by atoms with Crippen molar-refractivity contribution in [3.63, 3.8) is 0 Å². The summed E-state index contributed by atoms with van der Waals surface area (Å²) in [5, 5.41) is 22.0. The van der Waals surface area contributed by atoms with Gasteiger partial charge >= 0.3 is 0 Å². The smallest absolute Gasteiger partial charge is 0.119 e. The molecule has 1 aromatic carbocycles. The van der Waals surface area contributed by atoms with Crippen LogP contribution in [0, 0.1) is 11.3 Å². The minimum Gasteiger partial charge on any atom is -0.491 e. The summed E-state index contributed by atoms with van der Waals surface area (Å²) in [5.74, 6) is 0.664. The molecule has 1 rings (SSSR count). The molecule has 4 nitrogen and oxygen atoms in total. The molecule has 0 amide bonds. The number of nitrogens with one attached hydrogen (secondary N) is 1. The highest BCUT2D eigenvalue weighted by atomic mass is 16.5. The van der Waals surface area contributed by atoms with Crippen molar-refractivity contribution in [2.45, 2.75) is 45.3 Å². The van der Waals surface area contributed by atoms with E-state index in [9.17, 15) is 5.11 Å². The van der Waals surface area contributed by atoms with Crippen LogP contribution in [0.5, 0.6) is 5.75 Å². The van der Waals surface area contributed by atoms with Gasteiger partial charge in [-0.05, 0) is 44.0 Å². The van der Waals surface area contributed by atoms with Gasteiger partial charge in [0.15, 0.2) is 0 Å². The number of aliphatic hydroxyl groups is 1. The van der Waals surface area contributed by atoms with E-state index in [0.29, 0.717) is 17.9 Å². The van der Waals surface area contributed by atoms with Crippen LogP contribution in [0.2, 0.25) is 0 Å². The predicted molar refractivity (Wildman–Crippen MR) is 79.6 cm³/mol. The highest BCUT2D eigenvalue weighted by Crippen LogP contribution is 2.14. The van der Waals surface area contributed by atoms with Crippen LogP contribution < -0.4 is 10.1 Å². The lowest BCUT2D eigenvalue weighted by molar-refractivity contribution is 0.0966. The van der Waals surface area contributed by atoms with E-state index < -0.39 is 6.10 Å². The van der Waals surface area contributed by atoms with Gasteiger partial charge in [-0.1, -0.05) is 13.8 Å². The summed E-state index contributed by atoms with van der Waals surface area (Å²) in [6.45, 7) is 7.17. The number of hydrogen-bond acceptors (Lipinski definition) is 4. The van der Waals surface area contributed by atoms with Gasteiger partial charge in [0.2, 0.25) is 0 Å². The molecule has 4 heteroatoms. The van der Waals surface area contributed by atoms with Gasteiger partial charge in [-0.3, -0.25) is 0 Å². The largest absolute Gasteiger partial charge is 0.491 e. The van der Waals surface area contributed by atoms with E-state index in [1.165, 1.54) is 0 Å². The minimum absolute atomic E-state index is 0.0649. The average molecular weight is 276 g/mol. The summed E-state index contributed by atoms with van der Waals surface area (Å²) in [6, 6.07) is 8.93. The SMILES string of the molecule is CCC(C)(CC)NCC(O)COc1ccc(C#N)cc1. The zero-order valence-corrected chi connectivity index (χ0v) is 12.5. The van der Waals surface area contributed by atoms with E-state index in [4.69, 9.17) is 10.00 Å². The first-order valence-corrected chi connectivity index (χ1v) is 7.09. The monoisotopic (exact) mass is 276 g/mol. The molecule has 110 valence electrons. The first-order chi connectivity index (χ1) is 9.53. The van der Waals surface area contributed by atoms with Crippen LogP contribution in [0.3, 0.4) is 0 Å². The Morgan fingerprint density at radius 1 is 1.30 bits per heavy atom. The van der Waals surface area contributed by atoms with Crippen LogP contribution in [-0.2, 0) is 0 Å². The highest BCUT2D eigenvalue weighted by Gasteiger charge is 2.19. The van der Waals surface area contributed by atoms with Crippen LogP contribution >= 0.6 is 0 Å². The molecule has 0 aliphatic heterocycles. The van der Waals surface area contributed by atoms with Crippen molar-refractivity contribution in [2.24, 2.45) is 0 Å². The molecule has 1 atom stereocenters. The van der Waals surface area contributed by atoms with Crippen molar-refractivity contribution in [1.29, 1.82) is 5.26 Å². The van der Waals surface area contributed by atoms with E-state index >= 15 is 0 Å². The lowest BCUT2D eigenvalue weighted by atomic mass is 9.95. The Labute approximate surface area is 121 Å². The number of β-amino-alcohol motifs (C(OH)–C–C–N with tert-alkyl or cyclic N) is 1. The Hall–Kier alpha value is -1.57. The molecule has 0 saturated heterocycles. The van der Waals surface area contributed by atoms with Crippen LogP contribution in [0.1, 0.15) is 39.2 Å². The maximum atomic E-state index is 9.93. The lowest BCUT2D eigenvalue weighted by Crippen LogP contribution is -2.46. The van der Waals surface area contributed by atoms with E-state index in [-0.39, 0.29) is 12.1 Å². The number of ether oxygens (including phenoxy) is 1. The fourth-order valence-corrected chi connectivity index (χ4v) is 1.74. The molecule has 0 aliphatic carbocycles. The van der Waals surface area contributed by atoms with Gasteiger partial charge in [0.1, 0.15) is 18.5 Å². The summed E-state index contributed by atoms with van der Waals surface area (Å²) in [7, 11) is 0. The molecule has 0 aliphatic rings. The predicted octanol–water partition coefficient (Wildman–Crippen LogP) is 2.47. The molecule has 0 saturated carbocycles. The van der Waals surface area contributed by atoms with Gasteiger partial charge in [-0.25, -0.2) is 0 Å². The quantitative estimate of drug-likeness (QED) is 0.765. The molecular formula is C16H24N2O2. The summed E-state index contributed by atoms with van der Waals surface area (Å²) >= 11 is 0. The number of rotatable bonds is 8. The Morgan fingerprint density at radius 2 is 1.90 bits per heavy atom. The minimum atomic E-state index is -0.553. The van der Waals surface area contributed by atoms with E-state index in [1.807, 2.05) is 0 Å². The second-order valence-corrected chi connectivity index (χ2v) is 5.25. The molecule has 0 spiro atoms. The zero-order valence-electron chi connectivity index (χ0n) is 12.5. The first kappa shape index (κ1) is 16.5. The van der Waals surface area contributed by atoms with Crippen LogP contribution in [0.15, 0.2) is 24.3 Å². The standard InChI is InChI=1S/C16H24N2O2/c1-4-16(3,5-2)18-11-14(19)12-20-15-8-6-13(10-17)7-9-15/h6-9,14,18-19H,4-5,11-12H2,1-3H3. The molecule has 0 radical (unpaired) electrons. The highest BCUT2D eigenvalue weighted by molar-refractivity contribution is 5.34. The molecule has 0 fully saturated rings. The number of hydrogen-bond donors (Lipinski definition) is 2. The van der Waals surface area contributed by atoms with E-state index in [2.05, 4.69) is 32.2 Å². The third kappa shape index (κ3) is 5.20. The van der Waals surface area contributed by atoms with Crippen molar-refractivity contribution < 1.29 is 9.84 Å². The topological polar surface area (TPSA) is 65.3 Å². The van der Waals surface area contributed by atoms with E-state index in [0.717, 1.165) is 12.8 Å². The Morgan fingerprint density at radius 3 is 2.40 bits per heavy atom. The van der Waals surface area contributed by atoms with Gasteiger partial charge < -0.3 is 15.2 Å². The second-order valence-electron chi connectivity index (χ2n) is 5.25. The van der Waals surface area contributed by atoms with Crippen molar-refractivity contribution in [3.8, 4) is 11.8 Å². The Bertz CT molecular complexity index is 433. The number of nitriles is 1. The summed E-state index contributed by atoms with van der Waals surface area (Å²) in [4.78, 5) is 0. The third-order valence-corrected chi connectivity index (χ3v) is 3.75. The van der Waals surface area contributed by atoms with Crippen LogP contribution in [0.25, 0.3) is 0 Å². The molecule has 0 heterocycles. The van der Waals surface area contributed by atoms with Gasteiger partial charge in [0, 0.05) is 12.1 Å². The molecule has 0 aromatic heterocycles. The maximum absolute atomic E-state index is 9.93. The van der Waals surface area contributed by atoms with Gasteiger partial charge in [-0.2, -0.15) is 5.26 Å². The van der Waals surface area contributed by atoms with Gasteiger partial charge in [0.25, 0.3) is 0 Å². The molecule has 1 unspecified atom stereocenters. The van der Waals surface area contributed by atoms with Crippen LogP contribution in [-0.4, -0.2) is 29.9 Å². The molecular weight excluding hydrogens is 252 g/mol. The fourth-order valence-electron chi connectivity index (χ4n) is 1.74. The van der Waals surface area contributed by atoms with E-state index in [1.54, 1.807) is 24.3 Å². The summed E-state index contributed by atoms with van der Waals surface area (Å²) in [6.07, 6.45) is 1.49.